The van der Waals surface area contributed by atoms with E-state index in [9.17, 15) is 9.59 Å². The van der Waals surface area contributed by atoms with E-state index >= 15 is 0 Å². The third-order valence-electron chi connectivity index (χ3n) is 4.32. The van der Waals surface area contributed by atoms with E-state index in [1.807, 2.05) is 32.0 Å². The van der Waals surface area contributed by atoms with Crippen molar-refractivity contribution >= 4 is 41.0 Å². The average molecular weight is 357 g/mol. The quantitative estimate of drug-likeness (QED) is 0.765. The molecule has 6 nitrogen and oxygen atoms in total. The zero-order valence-electron chi connectivity index (χ0n) is 14.4. The number of hydrogen-bond donors (Lipinski definition) is 0. The van der Waals surface area contributed by atoms with Crippen molar-refractivity contribution in [3.8, 4) is 5.75 Å². The molecule has 0 spiro atoms. The zero-order chi connectivity index (χ0) is 18.0. The van der Waals surface area contributed by atoms with Crippen molar-refractivity contribution < 1.29 is 14.3 Å². The van der Waals surface area contributed by atoms with Crippen molar-refractivity contribution in [2.75, 3.05) is 32.8 Å². The molecule has 0 unspecified atom stereocenters. The van der Waals surface area contributed by atoms with Crippen molar-refractivity contribution in [1.29, 1.82) is 0 Å². The fraction of sp³-hybridized carbons (Fsp3) is 0.471. The Kier molecular flexibility index (Phi) is 5.39. The molecule has 0 saturated carbocycles. The number of thiazole rings is 1. The first-order chi connectivity index (χ1) is 11.9. The minimum absolute atomic E-state index is 0.00827. The highest BCUT2D eigenvalue weighted by atomic mass is 32.1. The molecule has 130 valence electrons. The lowest BCUT2D eigenvalue weighted by atomic mass is 10.1. The molecule has 2 radical (unpaired) electrons. The number of ketones is 1. The van der Waals surface area contributed by atoms with Crippen LogP contribution in [0.2, 0.25) is 0 Å². The Hall–Kier alpha value is -1.93. The van der Waals surface area contributed by atoms with E-state index in [1.54, 1.807) is 16.2 Å². The van der Waals surface area contributed by atoms with Crippen molar-refractivity contribution in [2.24, 2.45) is 0 Å². The van der Waals surface area contributed by atoms with Gasteiger partial charge in [0.2, 0.25) is 7.85 Å². The van der Waals surface area contributed by atoms with Gasteiger partial charge in [-0.1, -0.05) is 0 Å². The van der Waals surface area contributed by atoms with E-state index in [0.717, 1.165) is 15.2 Å². The van der Waals surface area contributed by atoms with Crippen LogP contribution in [0.3, 0.4) is 0 Å². The third kappa shape index (κ3) is 4.38. The predicted octanol–water partition coefficient (Wildman–Crippen LogP) is 1.85. The number of hydrogen-bond acceptors (Lipinski definition) is 6. The maximum absolute atomic E-state index is 12.2. The highest BCUT2D eigenvalue weighted by Crippen LogP contribution is 2.25. The van der Waals surface area contributed by atoms with E-state index in [1.165, 1.54) is 0 Å². The fourth-order valence-corrected chi connectivity index (χ4v) is 3.79. The maximum atomic E-state index is 12.2. The van der Waals surface area contributed by atoms with Gasteiger partial charge < -0.3 is 9.64 Å². The Balaban J connectivity index is 1.51. The summed E-state index contributed by atoms with van der Waals surface area (Å²) < 4.78 is 6.73. The summed E-state index contributed by atoms with van der Waals surface area (Å²) in [6.45, 7) is 6.02. The van der Waals surface area contributed by atoms with Crippen LogP contribution in [0, 0.1) is 6.92 Å². The molecule has 1 amide bonds. The SMILES string of the molecule is [B]C(=O)N1CCN(CC(=O)COc2ccc3sc(C)nc3c2)[C@@H](C)C1. The standard InChI is InChI=1S/C17H20BN3O3S/c1-11-8-21(17(18)23)6-5-20(11)9-13(22)10-24-14-3-4-16-15(7-14)19-12(2)25-16/h3-4,7,11H,5-6,8-10H2,1-2H3/t11-/m0/s1. The number of piperazine rings is 1. The van der Waals surface area contributed by atoms with Crippen molar-refractivity contribution in [3.05, 3.63) is 23.2 Å². The topological polar surface area (TPSA) is 62.7 Å². The molecule has 1 atom stereocenters. The summed E-state index contributed by atoms with van der Waals surface area (Å²) in [6, 6.07) is 5.78. The van der Waals surface area contributed by atoms with E-state index in [-0.39, 0.29) is 18.4 Å². The number of rotatable bonds is 5. The van der Waals surface area contributed by atoms with E-state index in [0.29, 0.717) is 31.9 Å². The number of carbonyl (C=O) groups is 2. The highest BCUT2D eigenvalue weighted by Gasteiger charge is 2.26. The molecule has 1 aliphatic rings. The van der Waals surface area contributed by atoms with Gasteiger partial charge in [0.15, 0.2) is 11.6 Å². The summed E-state index contributed by atoms with van der Waals surface area (Å²) in [5.41, 5.74) is 0.892. The Labute approximate surface area is 152 Å². The molecular formula is C17H20BN3O3S. The first-order valence-electron chi connectivity index (χ1n) is 8.22. The second-order valence-electron chi connectivity index (χ2n) is 6.29. The molecule has 2 aromatic rings. The van der Waals surface area contributed by atoms with E-state index in [4.69, 9.17) is 12.6 Å². The Bertz CT molecular complexity index is 795. The molecule has 0 N–H and O–H groups in total. The first kappa shape index (κ1) is 17.9. The van der Waals surface area contributed by atoms with Gasteiger partial charge in [-0.15, -0.1) is 11.3 Å². The van der Waals surface area contributed by atoms with Gasteiger partial charge in [-0.2, -0.15) is 0 Å². The summed E-state index contributed by atoms with van der Waals surface area (Å²) in [5, 5.41) is 1.01. The molecule has 1 fully saturated rings. The summed E-state index contributed by atoms with van der Waals surface area (Å²) in [5.74, 6) is 0.250. The number of aromatic nitrogens is 1. The van der Waals surface area contributed by atoms with Crippen molar-refractivity contribution in [1.82, 2.24) is 14.8 Å². The van der Waals surface area contributed by atoms with Gasteiger partial charge >= 0.3 is 0 Å². The minimum atomic E-state index is -0.408. The predicted molar refractivity (Wildman–Crippen MR) is 98.6 cm³/mol. The van der Waals surface area contributed by atoms with Crippen LogP contribution in [-0.2, 0) is 4.79 Å². The number of benzene rings is 1. The average Bonchev–Trinajstić information content (AvgIpc) is 2.94. The van der Waals surface area contributed by atoms with Gasteiger partial charge in [0, 0.05) is 31.7 Å². The van der Waals surface area contributed by atoms with Crippen LogP contribution in [0.15, 0.2) is 18.2 Å². The Morgan fingerprint density at radius 2 is 2.20 bits per heavy atom. The van der Waals surface area contributed by atoms with Gasteiger partial charge in [0.25, 0.3) is 0 Å². The molecular weight excluding hydrogens is 337 g/mol. The van der Waals surface area contributed by atoms with Crippen LogP contribution in [0.25, 0.3) is 10.2 Å². The van der Waals surface area contributed by atoms with Crippen LogP contribution >= 0.6 is 11.3 Å². The molecule has 1 aromatic heterocycles. The largest absolute Gasteiger partial charge is 0.486 e. The van der Waals surface area contributed by atoms with Gasteiger partial charge in [0.05, 0.1) is 21.8 Å². The summed E-state index contributed by atoms with van der Waals surface area (Å²) in [7, 11) is 5.31. The summed E-state index contributed by atoms with van der Waals surface area (Å²) in [6.07, 6.45) is 0. The van der Waals surface area contributed by atoms with Gasteiger partial charge in [0.1, 0.15) is 12.4 Å². The van der Waals surface area contributed by atoms with Crippen LogP contribution in [-0.4, -0.2) is 73.0 Å². The Morgan fingerprint density at radius 1 is 1.40 bits per heavy atom. The molecule has 1 saturated heterocycles. The Morgan fingerprint density at radius 3 is 2.92 bits per heavy atom. The molecule has 0 aliphatic carbocycles. The van der Waals surface area contributed by atoms with Crippen LogP contribution in [0.5, 0.6) is 5.75 Å². The van der Waals surface area contributed by atoms with Gasteiger partial charge in [-0.05, 0) is 26.0 Å². The van der Waals surface area contributed by atoms with Crippen molar-refractivity contribution in [2.45, 2.75) is 19.9 Å². The zero-order valence-corrected chi connectivity index (χ0v) is 15.2. The number of nitrogens with zero attached hydrogens (tertiary/aromatic N) is 3. The lowest BCUT2D eigenvalue weighted by Crippen LogP contribution is -2.54. The molecule has 3 rings (SSSR count). The monoisotopic (exact) mass is 357 g/mol. The van der Waals surface area contributed by atoms with Crippen molar-refractivity contribution in [3.63, 3.8) is 0 Å². The van der Waals surface area contributed by atoms with E-state index in [2.05, 4.69) is 9.88 Å². The lowest BCUT2D eigenvalue weighted by molar-refractivity contribution is -0.123. The number of aryl methyl sites for hydroxylation is 1. The molecule has 25 heavy (non-hydrogen) atoms. The molecule has 8 heteroatoms. The van der Waals surface area contributed by atoms with Gasteiger partial charge in [-0.25, -0.2) is 4.98 Å². The van der Waals surface area contributed by atoms with E-state index < -0.39 is 5.81 Å². The number of ether oxygens (including phenoxy) is 1. The second-order valence-corrected chi connectivity index (χ2v) is 7.53. The molecule has 1 aromatic carbocycles. The third-order valence-corrected chi connectivity index (χ3v) is 5.27. The number of amides is 1. The maximum Gasteiger partial charge on any atom is 0.200 e. The van der Waals surface area contributed by atoms with Crippen LogP contribution < -0.4 is 4.74 Å². The number of carbonyl (C=O) groups excluding carboxylic acids is 2. The smallest absolute Gasteiger partial charge is 0.200 e. The van der Waals surface area contributed by atoms with Gasteiger partial charge in [-0.3, -0.25) is 14.5 Å². The summed E-state index contributed by atoms with van der Waals surface area (Å²) >= 11 is 1.63. The minimum Gasteiger partial charge on any atom is -0.486 e. The first-order valence-corrected chi connectivity index (χ1v) is 9.04. The lowest BCUT2D eigenvalue weighted by Gasteiger charge is -2.39. The summed E-state index contributed by atoms with van der Waals surface area (Å²) in [4.78, 5) is 31.5. The highest BCUT2D eigenvalue weighted by molar-refractivity contribution is 7.18. The van der Waals surface area contributed by atoms with Crippen LogP contribution in [0.1, 0.15) is 11.9 Å². The molecule has 2 heterocycles. The number of Topliss-reactive ketones (excluding diaryl/α,β-unsaturated/α-hetero) is 1. The second kappa shape index (κ2) is 7.53. The molecule has 1 aliphatic heterocycles. The molecule has 0 bridgehead atoms. The fourth-order valence-electron chi connectivity index (χ4n) is 2.98. The number of fused-ring (bicyclic) bond motifs is 1. The van der Waals surface area contributed by atoms with Crippen LogP contribution in [0.4, 0.5) is 4.79 Å². The normalized spacial score (nSPS) is 18.5.